The van der Waals surface area contributed by atoms with Gasteiger partial charge < -0.3 is 9.84 Å². The van der Waals surface area contributed by atoms with E-state index in [0.717, 1.165) is 25.3 Å². The van der Waals surface area contributed by atoms with Gasteiger partial charge in [0.05, 0.1) is 18.2 Å². The zero-order valence-corrected chi connectivity index (χ0v) is 8.84. The second-order valence-electron chi connectivity index (χ2n) is 3.20. The lowest BCUT2D eigenvalue weighted by atomic mass is 10.0. The predicted molar refractivity (Wildman–Crippen MR) is 54.7 cm³/mol. The number of rotatable bonds is 3. The van der Waals surface area contributed by atoms with Crippen molar-refractivity contribution in [2.75, 3.05) is 7.11 Å². The highest BCUT2D eigenvalue weighted by Crippen LogP contribution is 2.37. The summed E-state index contributed by atoms with van der Waals surface area (Å²) in [5, 5.41) is 8.67. The molecule has 6 heteroatoms. The highest BCUT2D eigenvalue weighted by Gasteiger charge is 2.34. The van der Waals surface area contributed by atoms with E-state index in [2.05, 4.69) is 11.3 Å². The Balaban J connectivity index is 3.27. The zero-order valence-electron chi connectivity index (χ0n) is 8.84. The standard InChI is InChI=1S/C11H9F3O3/c1-6(10(15)16)7-3-4-8(11(12,13)14)9(5-7)17-2/h3-5H,1H2,2H3,(H,15,16). The third-order valence-corrected chi connectivity index (χ3v) is 2.11. The summed E-state index contributed by atoms with van der Waals surface area (Å²) in [6.45, 7) is 3.26. The van der Waals surface area contributed by atoms with Gasteiger partial charge in [0, 0.05) is 0 Å². The number of ether oxygens (including phenoxy) is 1. The molecule has 0 aromatic heterocycles. The van der Waals surface area contributed by atoms with Crippen LogP contribution in [0, 0.1) is 0 Å². The fourth-order valence-electron chi connectivity index (χ4n) is 1.24. The Morgan fingerprint density at radius 3 is 2.41 bits per heavy atom. The molecule has 3 nitrogen and oxygen atoms in total. The van der Waals surface area contributed by atoms with Crippen LogP contribution in [0.3, 0.4) is 0 Å². The largest absolute Gasteiger partial charge is 0.496 e. The first-order valence-corrected chi connectivity index (χ1v) is 4.45. The minimum Gasteiger partial charge on any atom is -0.496 e. The molecule has 0 saturated carbocycles. The number of carboxylic acids is 1. The van der Waals surface area contributed by atoms with Gasteiger partial charge in [0.15, 0.2) is 0 Å². The Morgan fingerprint density at radius 1 is 1.41 bits per heavy atom. The van der Waals surface area contributed by atoms with Crippen LogP contribution in [0.15, 0.2) is 24.8 Å². The lowest BCUT2D eigenvalue weighted by Gasteiger charge is -2.13. The molecule has 0 radical (unpaired) electrons. The Labute approximate surface area is 95.1 Å². The average molecular weight is 246 g/mol. The van der Waals surface area contributed by atoms with Crippen molar-refractivity contribution in [1.29, 1.82) is 0 Å². The number of benzene rings is 1. The van der Waals surface area contributed by atoms with E-state index < -0.39 is 23.5 Å². The first-order valence-electron chi connectivity index (χ1n) is 4.45. The molecule has 0 atom stereocenters. The monoisotopic (exact) mass is 246 g/mol. The summed E-state index contributed by atoms with van der Waals surface area (Å²) in [6.07, 6.45) is -4.55. The molecule has 0 aliphatic carbocycles. The number of carbonyl (C=O) groups is 1. The molecule has 0 aliphatic rings. The van der Waals surface area contributed by atoms with Crippen LogP contribution in [-0.2, 0) is 11.0 Å². The van der Waals surface area contributed by atoms with E-state index in [9.17, 15) is 18.0 Å². The van der Waals surface area contributed by atoms with Crippen LogP contribution >= 0.6 is 0 Å². The van der Waals surface area contributed by atoms with Crippen LogP contribution < -0.4 is 4.74 Å². The van der Waals surface area contributed by atoms with Gasteiger partial charge in [-0.2, -0.15) is 13.2 Å². The van der Waals surface area contributed by atoms with Gasteiger partial charge in [0.1, 0.15) is 5.75 Å². The first kappa shape index (κ1) is 13.1. The first-order chi connectivity index (χ1) is 7.77. The molecule has 92 valence electrons. The van der Waals surface area contributed by atoms with Crippen molar-refractivity contribution < 1.29 is 27.8 Å². The van der Waals surface area contributed by atoms with Crippen LogP contribution in [0.1, 0.15) is 11.1 Å². The van der Waals surface area contributed by atoms with Gasteiger partial charge in [-0.05, 0) is 17.7 Å². The second-order valence-corrected chi connectivity index (χ2v) is 3.20. The SMILES string of the molecule is C=C(C(=O)O)c1ccc(C(F)(F)F)c(OC)c1. The zero-order chi connectivity index (χ0) is 13.2. The van der Waals surface area contributed by atoms with Crippen molar-refractivity contribution in [3.63, 3.8) is 0 Å². The molecule has 1 aromatic carbocycles. The quantitative estimate of drug-likeness (QED) is 0.834. The van der Waals surface area contributed by atoms with Crippen molar-refractivity contribution in [2.24, 2.45) is 0 Å². The molecular formula is C11H9F3O3. The molecule has 0 fully saturated rings. The molecule has 1 rings (SSSR count). The number of hydrogen-bond acceptors (Lipinski definition) is 2. The number of halogens is 3. The van der Waals surface area contributed by atoms with Crippen LogP contribution in [0.2, 0.25) is 0 Å². The van der Waals surface area contributed by atoms with Gasteiger partial charge in [0.25, 0.3) is 0 Å². The van der Waals surface area contributed by atoms with Gasteiger partial charge >= 0.3 is 12.1 Å². The molecule has 17 heavy (non-hydrogen) atoms. The van der Waals surface area contributed by atoms with Crippen LogP contribution in [0.4, 0.5) is 13.2 Å². The highest BCUT2D eigenvalue weighted by atomic mass is 19.4. The van der Waals surface area contributed by atoms with Gasteiger partial charge in [-0.3, -0.25) is 0 Å². The number of methoxy groups -OCH3 is 1. The lowest BCUT2D eigenvalue weighted by Crippen LogP contribution is -2.08. The smallest absolute Gasteiger partial charge is 0.419 e. The minimum atomic E-state index is -4.55. The third kappa shape index (κ3) is 2.77. The summed E-state index contributed by atoms with van der Waals surface area (Å²) in [5.41, 5.74) is -1.18. The number of aliphatic carboxylic acids is 1. The Kier molecular flexibility index (Phi) is 3.45. The van der Waals surface area contributed by atoms with Crippen molar-refractivity contribution in [1.82, 2.24) is 0 Å². The van der Waals surface area contributed by atoms with E-state index in [4.69, 9.17) is 5.11 Å². The molecule has 0 heterocycles. The normalized spacial score (nSPS) is 11.1. The van der Waals surface area contributed by atoms with Crippen molar-refractivity contribution in [3.05, 3.63) is 35.9 Å². The lowest BCUT2D eigenvalue weighted by molar-refractivity contribution is -0.138. The molecule has 0 amide bonds. The Morgan fingerprint density at radius 2 is 2.00 bits per heavy atom. The minimum absolute atomic E-state index is 0.0716. The summed E-state index contributed by atoms with van der Waals surface area (Å²) in [5.74, 6) is -1.73. The number of hydrogen-bond donors (Lipinski definition) is 1. The molecule has 1 aromatic rings. The molecule has 0 bridgehead atoms. The van der Waals surface area contributed by atoms with Gasteiger partial charge in [-0.25, -0.2) is 4.79 Å². The van der Waals surface area contributed by atoms with E-state index >= 15 is 0 Å². The van der Waals surface area contributed by atoms with Crippen LogP contribution in [0.25, 0.3) is 5.57 Å². The topological polar surface area (TPSA) is 46.5 Å². The summed E-state index contributed by atoms with van der Waals surface area (Å²) in [7, 11) is 1.08. The maximum absolute atomic E-state index is 12.5. The summed E-state index contributed by atoms with van der Waals surface area (Å²) >= 11 is 0. The van der Waals surface area contributed by atoms with E-state index in [1.165, 1.54) is 0 Å². The molecule has 0 aliphatic heterocycles. The van der Waals surface area contributed by atoms with Crippen molar-refractivity contribution in [2.45, 2.75) is 6.18 Å². The van der Waals surface area contributed by atoms with Gasteiger partial charge in [-0.15, -0.1) is 0 Å². The second kappa shape index (κ2) is 4.48. The van der Waals surface area contributed by atoms with E-state index in [-0.39, 0.29) is 11.1 Å². The maximum Gasteiger partial charge on any atom is 0.419 e. The van der Waals surface area contributed by atoms with E-state index in [1.807, 2.05) is 0 Å². The summed E-state index contributed by atoms with van der Waals surface area (Å²) in [6, 6.07) is 2.81. The number of carboxylic acid groups (broad SMARTS) is 1. The van der Waals surface area contributed by atoms with Crippen molar-refractivity contribution in [3.8, 4) is 5.75 Å². The molecule has 0 saturated heterocycles. The van der Waals surface area contributed by atoms with E-state index in [0.29, 0.717) is 0 Å². The highest BCUT2D eigenvalue weighted by molar-refractivity contribution is 6.14. The molecule has 0 unspecified atom stereocenters. The maximum atomic E-state index is 12.5. The van der Waals surface area contributed by atoms with Crippen LogP contribution in [-0.4, -0.2) is 18.2 Å². The van der Waals surface area contributed by atoms with Gasteiger partial charge in [0.2, 0.25) is 0 Å². The fraction of sp³-hybridized carbons (Fsp3) is 0.182. The van der Waals surface area contributed by atoms with Gasteiger partial charge in [-0.1, -0.05) is 12.6 Å². The molecule has 0 spiro atoms. The summed E-state index contributed by atoms with van der Waals surface area (Å²) < 4.78 is 42.1. The Hall–Kier alpha value is -1.98. The molecule has 1 N–H and O–H groups in total. The Bertz CT molecular complexity index is 464. The van der Waals surface area contributed by atoms with Crippen LogP contribution in [0.5, 0.6) is 5.75 Å². The third-order valence-electron chi connectivity index (χ3n) is 2.11. The predicted octanol–water partition coefficient (Wildman–Crippen LogP) is 2.81. The molecular weight excluding hydrogens is 237 g/mol. The van der Waals surface area contributed by atoms with E-state index in [1.54, 1.807) is 0 Å². The van der Waals surface area contributed by atoms with Crippen molar-refractivity contribution >= 4 is 11.5 Å². The number of alkyl halides is 3. The average Bonchev–Trinajstić information content (AvgIpc) is 2.25. The fourth-order valence-corrected chi connectivity index (χ4v) is 1.24. The summed E-state index contributed by atoms with van der Waals surface area (Å²) in [4.78, 5) is 10.6.